The molecule has 0 spiro atoms. The van der Waals surface area contributed by atoms with Crippen molar-refractivity contribution in [3.63, 3.8) is 0 Å². The Hall–Kier alpha value is -1.43. The second kappa shape index (κ2) is 5.27. The first-order chi connectivity index (χ1) is 7.92. The van der Waals surface area contributed by atoms with Crippen LogP contribution in [0.2, 0.25) is 0 Å². The Morgan fingerprint density at radius 2 is 2.00 bits per heavy atom. The Balaban J connectivity index is 3.25. The molecule has 0 atom stereocenters. The minimum atomic E-state index is -3.46. The summed E-state index contributed by atoms with van der Waals surface area (Å²) in [6.07, 6.45) is 0. The zero-order chi connectivity index (χ0) is 13.1. The van der Waals surface area contributed by atoms with Gasteiger partial charge in [0.15, 0.2) is 9.84 Å². The minimum Gasteiger partial charge on any atom is -0.462 e. The van der Waals surface area contributed by atoms with Crippen LogP contribution >= 0.6 is 0 Å². The number of halogens is 1. The van der Waals surface area contributed by atoms with Crippen molar-refractivity contribution >= 4 is 15.8 Å². The number of ether oxygens (including phenoxy) is 1. The molecular formula is C11H13FO4S. The van der Waals surface area contributed by atoms with E-state index >= 15 is 0 Å². The Morgan fingerprint density at radius 1 is 1.35 bits per heavy atom. The van der Waals surface area contributed by atoms with Gasteiger partial charge in [0.1, 0.15) is 5.82 Å². The number of carbonyl (C=O) groups is 1. The van der Waals surface area contributed by atoms with E-state index in [-0.39, 0.29) is 22.8 Å². The average molecular weight is 260 g/mol. The molecule has 1 aromatic rings. The summed E-state index contributed by atoms with van der Waals surface area (Å²) < 4.78 is 41.1. The van der Waals surface area contributed by atoms with Crippen LogP contribution in [-0.2, 0) is 14.6 Å². The summed E-state index contributed by atoms with van der Waals surface area (Å²) in [5, 5.41) is 0. The van der Waals surface area contributed by atoms with Crippen LogP contribution in [0.3, 0.4) is 0 Å². The first-order valence-corrected chi connectivity index (χ1v) is 6.77. The van der Waals surface area contributed by atoms with Crippen LogP contribution in [0.1, 0.15) is 24.2 Å². The third-order valence-electron chi connectivity index (χ3n) is 2.17. The standard InChI is InChI=1S/C11H13FO4S/c1-3-16-11(13)9-7-8(5-6-10(9)12)17(14,15)4-2/h5-7H,3-4H2,1-2H3. The topological polar surface area (TPSA) is 60.4 Å². The molecule has 0 aliphatic carbocycles. The van der Waals surface area contributed by atoms with Gasteiger partial charge in [0.25, 0.3) is 0 Å². The van der Waals surface area contributed by atoms with Gasteiger partial charge in [0.05, 0.1) is 22.8 Å². The minimum absolute atomic E-state index is 0.0792. The summed E-state index contributed by atoms with van der Waals surface area (Å²) in [4.78, 5) is 11.3. The van der Waals surface area contributed by atoms with Gasteiger partial charge in [-0.25, -0.2) is 17.6 Å². The summed E-state index contributed by atoms with van der Waals surface area (Å²) in [6, 6.07) is 3.10. The van der Waals surface area contributed by atoms with E-state index in [0.717, 1.165) is 18.2 Å². The van der Waals surface area contributed by atoms with Crippen molar-refractivity contribution in [3.05, 3.63) is 29.6 Å². The molecule has 0 saturated carbocycles. The summed E-state index contributed by atoms with van der Waals surface area (Å²) in [7, 11) is -3.46. The Morgan fingerprint density at radius 3 is 2.53 bits per heavy atom. The number of sulfone groups is 1. The number of hydrogen-bond acceptors (Lipinski definition) is 4. The van der Waals surface area contributed by atoms with Crippen molar-refractivity contribution in [1.29, 1.82) is 0 Å². The average Bonchev–Trinajstić information content (AvgIpc) is 2.29. The van der Waals surface area contributed by atoms with Gasteiger partial charge in [0.2, 0.25) is 0 Å². The largest absolute Gasteiger partial charge is 0.462 e. The molecule has 0 bridgehead atoms. The maximum absolute atomic E-state index is 13.3. The number of benzene rings is 1. The van der Waals surface area contributed by atoms with Gasteiger partial charge in [-0.1, -0.05) is 6.92 Å². The van der Waals surface area contributed by atoms with Crippen LogP contribution in [0.4, 0.5) is 4.39 Å². The molecular weight excluding hydrogens is 247 g/mol. The van der Waals surface area contributed by atoms with Crippen LogP contribution in [0, 0.1) is 5.82 Å². The molecule has 0 aliphatic rings. The summed E-state index contributed by atoms with van der Waals surface area (Å²) in [5.74, 6) is -1.77. The third kappa shape index (κ3) is 3.03. The van der Waals surface area contributed by atoms with Crippen molar-refractivity contribution < 1.29 is 22.3 Å². The highest BCUT2D eigenvalue weighted by Crippen LogP contribution is 2.17. The van der Waals surface area contributed by atoms with Gasteiger partial charge in [-0.3, -0.25) is 0 Å². The number of rotatable bonds is 4. The van der Waals surface area contributed by atoms with Crippen molar-refractivity contribution in [2.24, 2.45) is 0 Å². The Bertz CT molecular complexity index is 522. The van der Waals surface area contributed by atoms with Crippen LogP contribution in [0.25, 0.3) is 0 Å². The molecule has 0 unspecified atom stereocenters. The van der Waals surface area contributed by atoms with E-state index in [1.165, 1.54) is 6.92 Å². The van der Waals surface area contributed by atoms with Crippen molar-refractivity contribution in [3.8, 4) is 0 Å². The van der Waals surface area contributed by atoms with E-state index in [2.05, 4.69) is 4.74 Å². The molecule has 0 heterocycles. The van der Waals surface area contributed by atoms with E-state index in [1.807, 2.05) is 0 Å². The summed E-state index contributed by atoms with van der Waals surface area (Å²) >= 11 is 0. The van der Waals surface area contributed by atoms with Crippen molar-refractivity contribution in [1.82, 2.24) is 0 Å². The molecule has 0 N–H and O–H groups in total. The number of hydrogen-bond donors (Lipinski definition) is 0. The van der Waals surface area contributed by atoms with E-state index in [4.69, 9.17) is 0 Å². The monoisotopic (exact) mass is 260 g/mol. The fourth-order valence-electron chi connectivity index (χ4n) is 1.23. The zero-order valence-corrected chi connectivity index (χ0v) is 10.4. The quantitative estimate of drug-likeness (QED) is 0.611. The predicted molar refractivity (Wildman–Crippen MR) is 60.1 cm³/mol. The lowest BCUT2D eigenvalue weighted by atomic mass is 10.2. The van der Waals surface area contributed by atoms with Crippen LogP contribution in [-0.4, -0.2) is 26.7 Å². The van der Waals surface area contributed by atoms with Crippen molar-refractivity contribution in [2.45, 2.75) is 18.7 Å². The smallest absolute Gasteiger partial charge is 0.341 e. The van der Waals surface area contributed by atoms with Gasteiger partial charge >= 0.3 is 5.97 Å². The van der Waals surface area contributed by atoms with Crippen LogP contribution in [0.5, 0.6) is 0 Å². The first kappa shape index (κ1) is 13.6. The molecule has 4 nitrogen and oxygen atoms in total. The molecule has 0 aliphatic heterocycles. The van der Waals surface area contributed by atoms with E-state index in [0.29, 0.717) is 0 Å². The van der Waals surface area contributed by atoms with Gasteiger partial charge < -0.3 is 4.74 Å². The molecule has 94 valence electrons. The molecule has 0 aromatic heterocycles. The highest BCUT2D eigenvalue weighted by Gasteiger charge is 2.18. The molecule has 0 saturated heterocycles. The number of carbonyl (C=O) groups excluding carboxylic acids is 1. The summed E-state index contributed by atoms with van der Waals surface area (Å²) in [5.41, 5.74) is -0.360. The zero-order valence-electron chi connectivity index (χ0n) is 9.57. The lowest BCUT2D eigenvalue weighted by Crippen LogP contribution is -2.10. The maximum Gasteiger partial charge on any atom is 0.341 e. The molecule has 0 fully saturated rings. The van der Waals surface area contributed by atoms with E-state index in [1.54, 1.807) is 6.92 Å². The fraction of sp³-hybridized carbons (Fsp3) is 0.364. The molecule has 6 heteroatoms. The number of esters is 1. The van der Waals surface area contributed by atoms with E-state index in [9.17, 15) is 17.6 Å². The Labute approximate surface area is 99.3 Å². The maximum atomic E-state index is 13.3. The molecule has 1 aromatic carbocycles. The SMILES string of the molecule is CCOC(=O)c1cc(S(=O)(=O)CC)ccc1F. The van der Waals surface area contributed by atoms with Gasteiger partial charge in [-0.2, -0.15) is 0 Å². The second-order valence-corrected chi connectivity index (χ2v) is 5.54. The highest BCUT2D eigenvalue weighted by atomic mass is 32.2. The van der Waals surface area contributed by atoms with Gasteiger partial charge in [-0.15, -0.1) is 0 Å². The van der Waals surface area contributed by atoms with Gasteiger partial charge in [0, 0.05) is 0 Å². The normalized spacial score (nSPS) is 11.2. The highest BCUT2D eigenvalue weighted by molar-refractivity contribution is 7.91. The first-order valence-electron chi connectivity index (χ1n) is 5.11. The van der Waals surface area contributed by atoms with Crippen LogP contribution < -0.4 is 0 Å². The predicted octanol–water partition coefficient (Wildman–Crippen LogP) is 1.80. The van der Waals surface area contributed by atoms with Crippen molar-refractivity contribution in [2.75, 3.05) is 12.4 Å². The molecule has 1 rings (SSSR count). The molecule has 0 amide bonds. The summed E-state index contributed by atoms with van der Waals surface area (Å²) in [6.45, 7) is 3.16. The molecule has 17 heavy (non-hydrogen) atoms. The molecule has 0 radical (unpaired) electrons. The second-order valence-electron chi connectivity index (χ2n) is 3.27. The van der Waals surface area contributed by atoms with Crippen LogP contribution in [0.15, 0.2) is 23.1 Å². The van der Waals surface area contributed by atoms with E-state index < -0.39 is 21.6 Å². The Kier molecular flexibility index (Phi) is 4.22. The fourth-order valence-corrected chi connectivity index (χ4v) is 2.14. The lowest BCUT2D eigenvalue weighted by molar-refractivity contribution is 0.0520. The van der Waals surface area contributed by atoms with Gasteiger partial charge in [-0.05, 0) is 25.1 Å². The third-order valence-corrected chi connectivity index (χ3v) is 3.90. The lowest BCUT2D eigenvalue weighted by Gasteiger charge is -2.06.